The predicted octanol–water partition coefficient (Wildman–Crippen LogP) is 8.47. The number of benzene rings is 4. The summed E-state index contributed by atoms with van der Waals surface area (Å²) < 4.78 is 3.67. The Kier molecular flexibility index (Phi) is 10.6. The maximum absolute atomic E-state index is 2.48. The molecule has 2 aliphatic carbocycles. The first-order valence-corrected chi connectivity index (χ1v) is 23.3. The molecule has 0 aliphatic heterocycles. The van der Waals surface area contributed by atoms with Crippen LogP contribution in [0, 0.1) is 0 Å². The molecule has 2 heteroatoms. The van der Waals surface area contributed by atoms with Crippen LogP contribution in [0.15, 0.2) is 163 Å². The van der Waals surface area contributed by atoms with E-state index in [1.54, 1.807) is 30.4 Å². The molecule has 2 aliphatic rings. The standard InChI is InChI=1S/C14H14.C12H11Si.C8H11.C5H5.Zr/c1-3-7-13(8-4-1)11-12-14-9-5-2-6-10-14;1-3-7-11(8-4-1)13-12-9-5-2-6-10-12;1-6-4-5-7(2)8(6)3;1-2-4-5-3-1;/h1-10H,11-12H2;1-10,13H;4H2,1-3H3;1-3H,4H2;. The average molecular weight is 629 g/mol. The summed E-state index contributed by atoms with van der Waals surface area (Å²) in [6.07, 6.45) is 11.8. The van der Waals surface area contributed by atoms with Gasteiger partial charge in [-0.25, -0.2) is 0 Å². The Morgan fingerprint density at radius 3 is 1.44 bits per heavy atom. The van der Waals surface area contributed by atoms with Gasteiger partial charge in [-0.05, 0) is 24.0 Å². The third kappa shape index (κ3) is 7.62. The third-order valence-corrected chi connectivity index (χ3v) is 30.2. The summed E-state index contributed by atoms with van der Waals surface area (Å²) in [4.78, 5) is 0. The topological polar surface area (TPSA) is 0 Å². The molecule has 0 unspecified atom stereocenters. The first kappa shape index (κ1) is 29.4. The van der Waals surface area contributed by atoms with Gasteiger partial charge >= 0.3 is 173 Å². The molecule has 0 bridgehead atoms. The van der Waals surface area contributed by atoms with Crippen LogP contribution >= 0.6 is 0 Å². The Balaban J connectivity index is 0.000000202. The molecule has 0 aromatic heterocycles. The molecule has 0 saturated heterocycles. The van der Waals surface area contributed by atoms with Crippen molar-refractivity contribution in [3.63, 3.8) is 0 Å². The van der Waals surface area contributed by atoms with Crippen molar-refractivity contribution in [1.82, 2.24) is 0 Å². The maximum Gasteiger partial charge on any atom is -0.0238 e. The Hall–Kier alpha value is -3.06. The summed E-state index contributed by atoms with van der Waals surface area (Å²) in [5.74, 6) is -1.26. The van der Waals surface area contributed by atoms with Crippen LogP contribution in [0.3, 0.4) is 0 Å². The minimum absolute atomic E-state index is 1.13. The van der Waals surface area contributed by atoms with E-state index in [0.29, 0.717) is 0 Å². The van der Waals surface area contributed by atoms with Crippen LogP contribution in [0.25, 0.3) is 0 Å². The van der Waals surface area contributed by atoms with Gasteiger partial charge in [0, 0.05) is 0 Å². The number of aryl methyl sites for hydroxylation is 2. The van der Waals surface area contributed by atoms with E-state index in [1.807, 2.05) is 3.28 Å². The molecule has 0 heterocycles. The van der Waals surface area contributed by atoms with E-state index in [4.69, 9.17) is 0 Å². The van der Waals surface area contributed by atoms with Gasteiger partial charge in [-0.15, -0.1) is 0 Å². The summed E-state index contributed by atoms with van der Waals surface area (Å²) in [5.41, 5.74) is 7.61. The summed E-state index contributed by atoms with van der Waals surface area (Å²) in [6, 6.07) is 44.2. The molecule has 0 fully saturated rings. The van der Waals surface area contributed by atoms with Crippen LogP contribution in [-0.4, -0.2) is 5.92 Å². The van der Waals surface area contributed by atoms with Gasteiger partial charge < -0.3 is 0 Å². The van der Waals surface area contributed by atoms with Gasteiger partial charge in [-0.3, -0.25) is 0 Å². The first-order chi connectivity index (χ1) is 20.1. The molecule has 0 radical (unpaired) electrons. The van der Waals surface area contributed by atoms with Crippen molar-refractivity contribution in [2.24, 2.45) is 0 Å². The summed E-state index contributed by atoms with van der Waals surface area (Å²) >= 11 is -2.02. The largest absolute Gasteiger partial charge is 0.0622 e. The Morgan fingerprint density at radius 2 is 1.05 bits per heavy atom. The monoisotopic (exact) mass is 627 g/mol. The molecular formula is C39H41SiZr. The van der Waals surface area contributed by atoms with Gasteiger partial charge in [-0.1, -0.05) is 60.7 Å². The van der Waals surface area contributed by atoms with Gasteiger partial charge in [0.15, 0.2) is 0 Å². The summed E-state index contributed by atoms with van der Waals surface area (Å²) in [7, 11) is 0. The molecule has 0 saturated carbocycles. The van der Waals surface area contributed by atoms with E-state index in [0.717, 1.165) is 12.8 Å². The molecule has 0 spiro atoms. The zero-order valence-electron chi connectivity index (χ0n) is 24.7. The fourth-order valence-corrected chi connectivity index (χ4v) is 30.2. The average Bonchev–Trinajstić information content (AvgIpc) is 3.66. The molecule has 0 amide bonds. The van der Waals surface area contributed by atoms with E-state index in [9.17, 15) is 0 Å². The zero-order valence-corrected chi connectivity index (χ0v) is 28.3. The number of hydrogen-bond donors (Lipinski definition) is 0. The fourth-order valence-electron chi connectivity index (χ4n) is 5.97. The van der Waals surface area contributed by atoms with Crippen LogP contribution in [0.1, 0.15) is 44.7 Å². The van der Waals surface area contributed by atoms with E-state index in [-0.39, 0.29) is 0 Å². The maximum atomic E-state index is 2.48. The molecule has 4 aromatic carbocycles. The van der Waals surface area contributed by atoms with E-state index < -0.39 is 26.8 Å². The van der Waals surface area contributed by atoms with Crippen LogP contribution in [0.4, 0.5) is 0 Å². The molecule has 6 rings (SSSR count). The third-order valence-electron chi connectivity index (χ3n) is 8.48. The van der Waals surface area contributed by atoms with Crippen molar-refractivity contribution in [3.05, 3.63) is 174 Å². The van der Waals surface area contributed by atoms with E-state index >= 15 is 0 Å². The molecule has 0 nitrogen and oxygen atoms in total. The van der Waals surface area contributed by atoms with Crippen molar-refractivity contribution in [1.29, 1.82) is 0 Å². The molecule has 0 atom stereocenters. The molecule has 4 aromatic rings. The SMILES string of the molecule is CC1=C(C)C(C)=[C]([Zr]([C]2=CC=CC2)[SiH](c2ccccc2)c2ccccc2)C1.c1ccc(CCc2ccccc2)cc1. The smallest absolute Gasteiger partial charge is 0.0238 e. The van der Waals surface area contributed by atoms with Crippen molar-refractivity contribution in [2.45, 2.75) is 46.5 Å². The quantitative estimate of drug-likeness (QED) is 0.172. The van der Waals surface area contributed by atoms with Gasteiger partial charge in [0.2, 0.25) is 0 Å². The molecule has 205 valence electrons. The second kappa shape index (κ2) is 14.7. The molecule has 0 N–H and O–H groups in total. The van der Waals surface area contributed by atoms with E-state index in [1.165, 1.54) is 24.0 Å². The second-order valence-electron chi connectivity index (χ2n) is 11.1. The van der Waals surface area contributed by atoms with Crippen molar-refractivity contribution in [2.75, 3.05) is 0 Å². The van der Waals surface area contributed by atoms with Gasteiger partial charge in [0.05, 0.1) is 0 Å². The minimum atomic E-state index is -2.02. The Bertz CT molecular complexity index is 1450. The van der Waals surface area contributed by atoms with Crippen LogP contribution in [0.5, 0.6) is 0 Å². The van der Waals surface area contributed by atoms with Gasteiger partial charge in [-0.2, -0.15) is 0 Å². The fraction of sp³-hybridized carbons (Fsp3) is 0.179. The minimum Gasteiger partial charge on any atom is -0.0622 e. The summed E-state index contributed by atoms with van der Waals surface area (Å²) in [5, 5.41) is 3.27. The predicted molar refractivity (Wildman–Crippen MR) is 177 cm³/mol. The second-order valence-corrected chi connectivity index (χ2v) is 26.1. The molecule has 41 heavy (non-hydrogen) atoms. The van der Waals surface area contributed by atoms with Crippen molar-refractivity contribution < 1.29 is 20.9 Å². The Morgan fingerprint density at radius 1 is 0.585 bits per heavy atom. The van der Waals surface area contributed by atoms with Crippen LogP contribution in [0.2, 0.25) is 0 Å². The van der Waals surface area contributed by atoms with Crippen LogP contribution < -0.4 is 10.4 Å². The zero-order chi connectivity index (χ0) is 28.4. The Labute approximate surface area is 256 Å². The number of rotatable bonds is 8. The summed E-state index contributed by atoms with van der Waals surface area (Å²) in [6.45, 7) is 7.07. The number of hydrogen-bond acceptors (Lipinski definition) is 0. The first-order valence-electron chi connectivity index (χ1n) is 14.9. The molecular weight excluding hydrogens is 588 g/mol. The van der Waals surface area contributed by atoms with E-state index in [2.05, 4.69) is 160 Å². The number of allylic oxidation sites excluding steroid dienone is 8. The van der Waals surface area contributed by atoms with Gasteiger partial charge in [0.25, 0.3) is 0 Å². The van der Waals surface area contributed by atoms with Crippen LogP contribution in [-0.2, 0) is 33.8 Å². The normalized spacial score (nSPS) is 14.3. The van der Waals surface area contributed by atoms with Crippen molar-refractivity contribution in [3.8, 4) is 0 Å². The van der Waals surface area contributed by atoms with Gasteiger partial charge in [0.1, 0.15) is 0 Å². The van der Waals surface area contributed by atoms with Crippen molar-refractivity contribution >= 4 is 16.3 Å².